The Balaban J connectivity index is 1.53. The van der Waals surface area contributed by atoms with Crippen molar-refractivity contribution in [2.75, 3.05) is 0 Å². The molecule has 1 aromatic heterocycles. The van der Waals surface area contributed by atoms with Crippen LogP contribution in [0.2, 0.25) is 0 Å². The van der Waals surface area contributed by atoms with E-state index in [4.69, 9.17) is 15.5 Å². The van der Waals surface area contributed by atoms with E-state index >= 15 is 0 Å². The number of thiazole rings is 1. The summed E-state index contributed by atoms with van der Waals surface area (Å²) in [5, 5.41) is 11.2. The molecule has 0 amide bonds. The van der Waals surface area contributed by atoms with E-state index in [1.807, 2.05) is 54.6 Å². The van der Waals surface area contributed by atoms with Gasteiger partial charge in [0.25, 0.3) is 0 Å². The number of nitrogens with two attached hydrogens (primary N) is 1. The number of thiol groups is 1. The predicted molar refractivity (Wildman–Crippen MR) is 160 cm³/mol. The number of allylic oxidation sites excluding steroid dienone is 1. The fourth-order valence-electron chi connectivity index (χ4n) is 4.32. The predicted octanol–water partition coefficient (Wildman–Crippen LogP) is 6.09. The van der Waals surface area contributed by atoms with Gasteiger partial charge in [-0.2, -0.15) is 0 Å². The van der Waals surface area contributed by atoms with E-state index in [2.05, 4.69) is 4.98 Å². The molecule has 5 rings (SSSR count). The zero-order valence-electron chi connectivity index (χ0n) is 22.1. The highest BCUT2D eigenvalue weighted by Crippen LogP contribution is 2.36. The quantitative estimate of drug-likeness (QED) is 0.116. The van der Waals surface area contributed by atoms with Gasteiger partial charge in [-0.15, -0.1) is 15.5 Å². The lowest BCUT2D eigenvalue weighted by Crippen LogP contribution is -2.14. The van der Waals surface area contributed by atoms with Crippen molar-refractivity contribution in [3.63, 3.8) is 0 Å². The number of hydrogen-bond acceptors (Lipinski definition) is 8. The van der Waals surface area contributed by atoms with Crippen molar-refractivity contribution in [3.8, 4) is 5.75 Å². The van der Waals surface area contributed by atoms with Crippen LogP contribution in [0.1, 0.15) is 46.4 Å². The smallest absolute Gasteiger partial charge is 0.355 e. The third kappa shape index (κ3) is 7.75. The van der Waals surface area contributed by atoms with Gasteiger partial charge in [-0.25, -0.2) is 14.8 Å². The fraction of sp³-hybridized carbons (Fsp3) is 0.194. The molecule has 0 radical (unpaired) electrons. The van der Waals surface area contributed by atoms with Crippen molar-refractivity contribution < 1.29 is 23.4 Å². The minimum absolute atomic E-state index is 0.0522. The Hall–Kier alpha value is -4.12. The molecule has 3 aromatic carbocycles. The molecule has 1 aliphatic carbocycles. The van der Waals surface area contributed by atoms with Crippen LogP contribution in [-0.2, 0) is 28.3 Å². The molecule has 210 valence electrons. The lowest BCUT2D eigenvalue weighted by Gasteiger charge is -2.16. The molecule has 0 bridgehead atoms. The van der Waals surface area contributed by atoms with Crippen LogP contribution in [0.15, 0.2) is 99.7 Å². The van der Waals surface area contributed by atoms with E-state index in [-0.39, 0.29) is 10.6 Å². The molecule has 1 fully saturated rings. The lowest BCUT2D eigenvalue weighted by atomic mass is 9.93. The molecule has 41 heavy (non-hydrogen) atoms. The second kappa shape index (κ2) is 13.0. The first-order valence-corrected chi connectivity index (χ1v) is 15.2. The number of carboxylic acids is 1. The van der Waals surface area contributed by atoms with Crippen molar-refractivity contribution in [3.05, 3.63) is 112 Å². The summed E-state index contributed by atoms with van der Waals surface area (Å²) in [5.74, 6) is 0.0256. The number of hydrogen-bond donors (Lipinski definition) is 2. The zero-order valence-corrected chi connectivity index (χ0v) is 23.8. The second-order valence-electron chi connectivity index (χ2n) is 9.82. The van der Waals surface area contributed by atoms with Crippen LogP contribution >= 0.6 is 11.3 Å². The van der Waals surface area contributed by atoms with E-state index < -0.39 is 17.0 Å². The minimum Gasteiger partial charge on any atom is -0.612 e. The Morgan fingerprint density at radius 2 is 1.83 bits per heavy atom. The van der Waals surface area contributed by atoms with Crippen molar-refractivity contribution in [1.29, 1.82) is 0 Å². The Morgan fingerprint density at radius 1 is 1.07 bits per heavy atom. The first kappa shape index (κ1) is 28.4. The molecule has 1 unspecified atom stereocenters. The summed E-state index contributed by atoms with van der Waals surface area (Å²) in [6.45, 7) is 0.416. The van der Waals surface area contributed by atoms with Gasteiger partial charge in [-0.1, -0.05) is 54.6 Å². The topological polar surface area (TPSA) is 138 Å². The van der Waals surface area contributed by atoms with Crippen LogP contribution in [-0.4, -0.2) is 26.3 Å². The van der Waals surface area contributed by atoms with Crippen molar-refractivity contribution in [1.82, 2.24) is 4.98 Å². The summed E-state index contributed by atoms with van der Waals surface area (Å²) in [6.07, 6.45) is 3.24. The third-order valence-corrected chi connectivity index (χ3v) is 8.17. The van der Waals surface area contributed by atoms with E-state index in [1.165, 1.54) is 16.7 Å². The van der Waals surface area contributed by atoms with Gasteiger partial charge in [0.15, 0.2) is 10.6 Å². The third-order valence-electron chi connectivity index (χ3n) is 6.72. The van der Waals surface area contributed by atoms with E-state index in [1.54, 1.807) is 24.3 Å². The maximum absolute atomic E-state index is 11.4. The minimum atomic E-state index is -2.68. The van der Waals surface area contributed by atoms with Crippen LogP contribution in [0, 0.1) is 5.92 Å². The Bertz CT molecular complexity index is 1610. The average Bonchev–Trinajstić information content (AvgIpc) is 3.68. The number of ether oxygens (including phenoxy) is 1. The first-order chi connectivity index (χ1) is 19.9. The van der Waals surface area contributed by atoms with Crippen molar-refractivity contribution in [2.45, 2.75) is 37.2 Å². The maximum Gasteiger partial charge on any atom is 0.355 e. The van der Waals surface area contributed by atoms with Gasteiger partial charge < -0.3 is 20.1 Å². The molecule has 4 aromatic rings. The van der Waals surface area contributed by atoms with Gasteiger partial charge in [0, 0.05) is 34.3 Å². The van der Waals surface area contributed by atoms with Gasteiger partial charge in [-0.05, 0) is 60.6 Å². The molecule has 10 heteroatoms. The van der Waals surface area contributed by atoms with Crippen molar-refractivity contribution >= 4 is 44.9 Å². The standard InChI is InChI=1S/C31H29N3O5S2/c32-29(23-7-4-8-24(17-23)39-18-22-5-2-1-3-6-22)26(15-20-11-13-25(14-12-20)41(37)38)27(16-21-9-10-21)33-31-34-28(19-40-31)30(35)36/h1-8,11-14,17,19,21,41H,9-10,15-16,18H2,(H3-,32,33,34,35,36,37,38). The first-order valence-electron chi connectivity index (χ1n) is 13.1. The number of benzene rings is 3. The summed E-state index contributed by atoms with van der Waals surface area (Å²) in [6, 6.07) is 24.2. The average molecular weight is 588 g/mol. The highest BCUT2D eigenvalue weighted by atomic mass is 32.2. The Labute approximate surface area is 244 Å². The van der Waals surface area contributed by atoms with Gasteiger partial charge in [0.2, 0.25) is 5.13 Å². The van der Waals surface area contributed by atoms with Gasteiger partial charge in [0.1, 0.15) is 12.4 Å². The zero-order chi connectivity index (χ0) is 28.8. The van der Waals surface area contributed by atoms with Gasteiger partial charge >= 0.3 is 5.97 Å². The monoisotopic (exact) mass is 587 g/mol. The second-order valence-corrected chi connectivity index (χ2v) is 11.7. The Kier molecular flexibility index (Phi) is 9.03. The molecule has 0 saturated heterocycles. The van der Waals surface area contributed by atoms with Gasteiger partial charge in [0.05, 0.1) is 11.1 Å². The number of rotatable bonds is 12. The summed E-state index contributed by atoms with van der Waals surface area (Å²) < 4.78 is 28.9. The maximum atomic E-state index is 11.4. The van der Waals surface area contributed by atoms with Crippen LogP contribution in [0.3, 0.4) is 0 Å². The molecular weight excluding hydrogens is 558 g/mol. The number of carboxylic acid groups (broad SMARTS) is 1. The van der Waals surface area contributed by atoms with E-state index in [0.717, 1.165) is 40.8 Å². The summed E-state index contributed by atoms with van der Waals surface area (Å²) in [4.78, 5) is 20.7. The SMILES string of the molecule is N/C(=C(Cc1ccc([SH+](=O)[O-])cc1)\C(CC1CC1)=N\c1nc(C(=O)O)cs1)c1cccc(OCc2ccccc2)c1. The molecule has 0 spiro atoms. The van der Waals surface area contributed by atoms with E-state index in [9.17, 15) is 18.7 Å². The molecule has 1 atom stereocenters. The number of nitrogens with zero attached hydrogens (tertiary/aromatic N) is 2. The normalized spacial score (nSPS) is 14.8. The van der Waals surface area contributed by atoms with Crippen LogP contribution < -0.4 is 10.5 Å². The van der Waals surface area contributed by atoms with E-state index in [0.29, 0.717) is 41.9 Å². The highest BCUT2D eigenvalue weighted by Gasteiger charge is 2.27. The molecule has 8 nitrogen and oxygen atoms in total. The van der Waals surface area contributed by atoms with Crippen molar-refractivity contribution in [2.24, 2.45) is 16.6 Å². The van der Waals surface area contributed by atoms with Gasteiger partial charge in [-0.3, -0.25) is 0 Å². The van der Waals surface area contributed by atoms with Crippen LogP contribution in [0.25, 0.3) is 5.70 Å². The molecule has 1 heterocycles. The molecular formula is C31H29N3O5S2. The number of aliphatic imine (C=N–C) groups is 1. The lowest BCUT2D eigenvalue weighted by molar-refractivity contribution is 0.0691. The largest absolute Gasteiger partial charge is 0.612 e. The molecule has 1 aliphatic rings. The Morgan fingerprint density at radius 3 is 2.49 bits per heavy atom. The van der Waals surface area contributed by atoms with Crippen LogP contribution in [0.4, 0.5) is 5.13 Å². The summed E-state index contributed by atoms with van der Waals surface area (Å²) >= 11 is -1.52. The molecule has 1 saturated carbocycles. The number of aromatic carboxylic acids is 1. The van der Waals surface area contributed by atoms with Crippen LogP contribution in [0.5, 0.6) is 5.75 Å². The fourth-order valence-corrected chi connectivity index (χ4v) is 5.40. The number of carbonyl (C=O) groups is 1. The summed E-state index contributed by atoms with van der Waals surface area (Å²) in [5.41, 5.74) is 11.5. The molecule has 3 N–H and O–H groups in total. The highest BCUT2D eigenvalue weighted by molar-refractivity contribution is 7.79. The number of aromatic nitrogens is 1. The summed E-state index contributed by atoms with van der Waals surface area (Å²) in [7, 11) is 0. The molecule has 0 aliphatic heterocycles.